The topological polar surface area (TPSA) is 47.0 Å². The number of ether oxygens (including phenoxy) is 1. The summed E-state index contributed by atoms with van der Waals surface area (Å²) in [5.74, 6) is 1.58. The smallest absolute Gasteiger partial charge is 0.157 e. The molecule has 2 atom stereocenters. The van der Waals surface area contributed by atoms with Crippen LogP contribution in [0.2, 0.25) is 0 Å². The van der Waals surface area contributed by atoms with Crippen LogP contribution in [0.5, 0.6) is 0 Å². The van der Waals surface area contributed by atoms with Gasteiger partial charge in [-0.2, -0.15) is 0 Å². The van der Waals surface area contributed by atoms with Crippen LogP contribution >= 0.6 is 0 Å². The largest absolute Gasteiger partial charge is 0.373 e. The molecule has 0 bridgehead atoms. The predicted molar refractivity (Wildman–Crippen MR) is 76.1 cm³/mol. The van der Waals surface area contributed by atoms with Crippen LogP contribution in [-0.4, -0.2) is 30.7 Å². The lowest BCUT2D eigenvalue weighted by atomic mass is 9.87. The van der Waals surface area contributed by atoms with Crippen molar-refractivity contribution in [2.24, 2.45) is 5.92 Å². The molecular formula is C15H25N3O. The Balaban J connectivity index is 2.12. The molecule has 0 aromatic carbocycles. The highest BCUT2D eigenvalue weighted by Crippen LogP contribution is 2.26. The van der Waals surface area contributed by atoms with E-state index in [1.54, 1.807) is 7.11 Å². The van der Waals surface area contributed by atoms with Gasteiger partial charge in [-0.05, 0) is 50.8 Å². The van der Waals surface area contributed by atoms with Crippen LogP contribution in [0.1, 0.15) is 49.4 Å². The number of rotatable bonds is 6. The van der Waals surface area contributed by atoms with Gasteiger partial charge in [-0.3, -0.25) is 0 Å². The SMILES string of the molecule is CCCC(OC)c1ncc2c(n1)CCC(CNC)C2. The van der Waals surface area contributed by atoms with Crippen molar-refractivity contribution in [1.29, 1.82) is 0 Å². The summed E-state index contributed by atoms with van der Waals surface area (Å²) in [6, 6.07) is 0. The lowest BCUT2D eigenvalue weighted by Gasteiger charge is -2.24. The first-order chi connectivity index (χ1) is 9.28. The summed E-state index contributed by atoms with van der Waals surface area (Å²) in [5.41, 5.74) is 2.55. The zero-order chi connectivity index (χ0) is 13.7. The Hall–Kier alpha value is -1.00. The maximum absolute atomic E-state index is 5.49. The first-order valence-corrected chi connectivity index (χ1v) is 7.30. The third kappa shape index (κ3) is 3.51. The quantitative estimate of drug-likeness (QED) is 0.855. The number of aryl methyl sites for hydroxylation is 1. The standard InChI is InChI=1S/C15H25N3O/c1-4-5-14(19-3)15-17-10-12-8-11(9-16-2)6-7-13(12)18-15/h10-11,14,16H,4-9H2,1-3H3. The number of hydrogen-bond donors (Lipinski definition) is 1. The predicted octanol–water partition coefficient (Wildman–Crippen LogP) is 2.29. The Kier molecular flexibility index (Phi) is 5.28. The summed E-state index contributed by atoms with van der Waals surface area (Å²) in [6.07, 6.45) is 7.52. The van der Waals surface area contributed by atoms with Gasteiger partial charge in [-0.1, -0.05) is 13.3 Å². The average molecular weight is 263 g/mol. The van der Waals surface area contributed by atoms with Crippen LogP contribution in [0.25, 0.3) is 0 Å². The van der Waals surface area contributed by atoms with E-state index in [1.807, 2.05) is 13.2 Å². The lowest BCUT2D eigenvalue weighted by molar-refractivity contribution is 0.0872. The summed E-state index contributed by atoms with van der Waals surface area (Å²) in [7, 11) is 3.76. The van der Waals surface area contributed by atoms with Crippen molar-refractivity contribution in [1.82, 2.24) is 15.3 Å². The van der Waals surface area contributed by atoms with Gasteiger partial charge in [0, 0.05) is 19.0 Å². The fourth-order valence-electron chi connectivity index (χ4n) is 2.83. The number of nitrogens with one attached hydrogen (secondary N) is 1. The second-order valence-electron chi connectivity index (χ2n) is 5.38. The molecule has 2 unspecified atom stereocenters. The first-order valence-electron chi connectivity index (χ1n) is 7.30. The molecule has 106 valence electrons. The van der Waals surface area contributed by atoms with Gasteiger partial charge in [-0.15, -0.1) is 0 Å². The molecule has 0 fully saturated rings. The van der Waals surface area contributed by atoms with Gasteiger partial charge in [0.15, 0.2) is 5.82 Å². The van der Waals surface area contributed by atoms with Gasteiger partial charge in [-0.25, -0.2) is 9.97 Å². The lowest BCUT2D eigenvalue weighted by Crippen LogP contribution is -2.26. The summed E-state index contributed by atoms with van der Waals surface area (Å²) >= 11 is 0. The maximum Gasteiger partial charge on any atom is 0.157 e. The van der Waals surface area contributed by atoms with Crippen LogP contribution in [-0.2, 0) is 17.6 Å². The van der Waals surface area contributed by atoms with E-state index in [0.29, 0.717) is 0 Å². The van der Waals surface area contributed by atoms with Crippen molar-refractivity contribution in [3.63, 3.8) is 0 Å². The molecule has 2 rings (SSSR count). The number of methoxy groups -OCH3 is 1. The number of fused-ring (bicyclic) bond motifs is 1. The minimum absolute atomic E-state index is 0.0466. The third-order valence-electron chi connectivity index (χ3n) is 3.89. The van der Waals surface area contributed by atoms with Gasteiger partial charge in [0.2, 0.25) is 0 Å². The van der Waals surface area contributed by atoms with E-state index in [4.69, 9.17) is 9.72 Å². The van der Waals surface area contributed by atoms with E-state index >= 15 is 0 Å². The Labute approximate surface area is 116 Å². The zero-order valence-corrected chi connectivity index (χ0v) is 12.3. The minimum atomic E-state index is 0.0466. The van der Waals surface area contributed by atoms with Crippen LogP contribution < -0.4 is 5.32 Å². The summed E-state index contributed by atoms with van der Waals surface area (Å²) in [5, 5.41) is 3.26. The van der Waals surface area contributed by atoms with Crippen LogP contribution in [0, 0.1) is 5.92 Å². The number of aromatic nitrogens is 2. The van der Waals surface area contributed by atoms with Crippen molar-refractivity contribution in [3.8, 4) is 0 Å². The monoisotopic (exact) mass is 263 g/mol. The molecule has 0 aliphatic heterocycles. The zero-order valence-electron chi connectivity index (χ0n) is 12.3. The summed E-state index contributed by atoms with van der Waals surface area (Å²) in [6.45, 7) is 3.24. The maximum atomic E-state index is 5.49. The molecule has 0 radical (unpaired) electrons. The molecule has 19 heavy (non-hydrogen) atoms. The Morgan fingerprint density at radius 2 is 2.37 bits per heavy atom. The van der Waals surface area contributed by atoms with Gasteiger partial charge >= 0.3 is 0 Å². The van der Waals surface area contributed by atoms with E-state index in [-0.39, 0.29) is 6.10 Å². The van der Waals surface area contributed by atoms with E-state index in [0.717, 1.165) is 44.0 Å². The highest BCUT2D eigenvalue weighted by atomic mass is 16.5. The van der Waals surface area contributed by atoms with Crippen molar-refractivity contribution in [3.05, 3.63) is 23.3 Å². The van der Waals surface area contributed by atoms with Crippen molar-refractivity contribution < 1.29 is 4.74 Å². The molecule has 1 aromatic heterocycles. The van der Waals surface area contributed by atoms with Crippen molar-refractivity contribution in [2.45, 2.75) is 45.1 Å². The highest BCUT2D eigenvalue weighted by Gasteiger charge is 2.21. The molecule has 1 aliphatic rings. The molecule has 0 saturated heterocycles. The molecule has 0 spiro atoms. The van der Waals surface area contributed by atoms with E-state index < -0.39 is 0 Å². The van der Waals surface area contributed by atoms with Gasteiger partial charge in [0.05, 0.1) is 0 Å². The second kappa shape index (κ2) is 6.96. The molecule has 1 aromatic rings. The minimum Gasteiger partial charge on any atom is -0.373 e. The Bertz CT molecular complexity index is 408. The molecule has 0 amide bonds. The number of hydrogen-bond acceptors (Lipinski definition) is 4. The molecule has 1 aliphatic carbocycles. The molecule has 4 nitrogen and oxygen atoms in total. The molecule has 4 heteroatoms. The van der Waals surface area contributed by atoms with Crippen molar-refractivity contribution >= 4 is 0 Å². The fourth-order valence-corrected chi connectivity index (χ4v) is 2.83. The second-order valence-corrected chi connectivity index (χ2v) is 5.38. The average Bonchev–Trinajstić information content (AvgIpc) is 2.44. The number of nitrogens with zero attached hydrogens (tertiary/aromatic N) is 2. The Morgan fingerprint density at radius 1 is 1.53 bits per heavy atom. The van der Waals surface area contributed by atoms with Gasteiger partial charge in [0.25, 0.3) is 0 Å². The van der Waals surface area contributed by atoms with Crippen LogP contribution in [0.4, 0.5) is 0 Å². The van der Waals surface area contributed by atoms with E-state index in [1.165, 1.54) is 17.7 Å². The molecular weight excluding hydrogens is 238 g/mol. The fraction of sp³-hybridized carbons (Fsp3) is 0.733. The first kappa shape index (κ1) is 14.4. The molecule has 1 heterocycles. The summed E-state index contributed by atoms with van der Waals surface area (Å²) in [4.78, 5) is 9.26. The van der Waals surface area contributed by atoms with Crippen LogP contribution in [0.3, 0.4) is 0 Å². The van der Waals surface area contributed by atoms with Gasteiger partial charge in [0.1, 0.15) is 6.10 Å². The summed E-state index contributed by atoms with van der Waals surface area (Å²) < 4.78 is 5.49. The van der Waals surface area contributed by atoms with Crippen molar-refractivity contribution in [2.75, 3.05) is 20.7 Å². The van der Waals surface area contributed by atoms with E-state index in [9.17, 15) is 0 Å². The third-order valence-corrected chi connectivity index (χ3v) is 3.89. The molecule has 0 saturated carbocycles. The highest BCUT2D eigenvalue weighted by molar-refractivity contribution is 5.22. The van der Waals surface area contributed by atoms with Gasteiger partial charge < -0.3 is 10.1 Å². The van der Waals surface area contributed by atoms with Crippen LogP contribution in [0.15, 0.2) is 6.20 Å². The normalized spacial score (nSPS) is 20.1. The molecule has 1 N–H and O–H groups in total. The van der Waals surface area contributed by atoms with E-state index in [2.05, 4.69) is 17.2 Å². The Morgan fingerprint density at radius 3 is 3.05 bits per heavy atom.